The van der Waals surface area contributed by atoms with Crippen LogP contribution < -0.4 is 5.32 Å². The van der Waals surface area contributed by atoms with Crippen LogP contribution >= 0.6 is 0 Å². The van der Waals surface area contributed by atoms with Gasteiger partial charge < -0.3 is 15.2 Å². The first kappa shape index (κ1) is 16.5. The lowest BCUT2D eigenvalue weighted by molar-refractivity contribution is -0.139. The fraction of sp³-hybridized carbons (Fsp3) is 0.400. The quantitative estimate of drug-likeness (QED) is 0.884. The van der Waals surface area contributed by atoms with Crippen LogP contribution in [0.1, 0.15) is 31.9 Å². The third kappa shape index (κ3) is 5.95. The summed E-state index contributed by atoms with van der Waals surface area (Å²) < 4.78 is 5.04. The Morgan fingerprint density at radius 3 is 2.33 bits per heavy atom. The maximum atomic E-state index is 11.6. The van der Waals surface area contributed by atoms with E-state index in [0.717, 1.165) is 0 Å². The Balaban J connectivity index is 2.72. The summed E-state index contributed by atoms with van der Waals surface area (Å²) in [4.78, 5) is 22.8. The lowest BCUT2D eigenvalue weighted by Gasteiger charge is -2.22. The van der Waals surface area contributed by atoms with Gasteiger partial charge in [-0.2, -0.15) is 5.26 Å². The lowest BCUT2D eigenvalue weighted by Crippen LogP contribution is -2.44. The second-order valence-corrected chi connectivity index (χ2v) is 5.55. The van der Waals surface area contributed by atoms with E-state index in [1.54, 1.807) is 45.0 Å². The Bertz CT molecular complexity index is 553. The average molecular weight is 290 g/mol. The minimum absolute atomic E-state index is 0.111. The van der Waals surface area contributed by atoms with Crippen molar-refractivity contribution in [3.8, 4) is 6.07 Å². The van der Waals surface area contributed by atoms with Crippen molar-refractivity contribution in [3.05, 3.63) is 35.4 Å². The van der Waals surface area contributed by atoms with Crippen LogP contribution in [-0.4, -0.2) is 28.8 Å². The number of carboxylic acids is 1. The molecule has 0 bridgehead atoms. The number of amides is 1. The number of alkyl carbamates (subject to hydrolysis) is 1. The molecule has 1 rings (SSSR count). The molecule has 0 spiro atoms. The van der Waals surface area contributed by atoms with Gasteiger partial charge >= 0.3 is 12.1 Å². The molecule has 6 nitrogen and oxygen atoms in total. The molecule has 1 atom stereocenters. The minimum Gasteiger partial charge on any atom is -0.480 e. The Kier molecular flexibility index (Phi) is 5.30. The summed E-state index contributed by atoms with van der Waals surface area (Å²) in [7, 11) is 0. The Morgan fingerprint density at radius 1 is 1.33 bits per heavy atom. The molecule has 0 aliphatic heterocycles. The zero-order chi connectivity index (χ0) is 16.0. The number of nitriles is 1. The first-order valence-electron chi connectivity index (χ1n) is 6.42. The van der Waals surface area contributed by atoms with Crippen LogP contribution in [0.15, 0.2) is 24.3 Å². The Hall–Kier alpha value is -2.55. The molecule has 1 aromatic rings. The molecule has 6 heteroatoms. The van der Waals surface area contributed by atoms with Crippen molar-refractivity contribution < 1.29 is 19.4 Å². The molecule has 0 radical (unpaired) electrons. The topological polar surface area (TPSA) is 99.4 Å². The highest BCUT2D eigenvalue weighted by atomic mass is 16.6. The van der Waals surface area contributed by atoms with Gasteiger partial charge in [-0.05, 0) is 38.5 Å². The maximum absolute atomic E-state index is 11.6. The minimum atomic E-state index is -1.15. The van der Waals surface area contributed by atoms with Gasteiger partial charge in [0.15, 0.2) is 0 Å². The number of rotatable bonds is 4. The summed E-state index contributed by atoms with van der Waals surface area (Å²) in [5.41, 5.74) is 0.505. The smallest absolute Gasteiger partial charge is 0.408 e. The van der Waals surface area contributed by atoms with Gasteiger partial charge in [-0.15, -0.1) is 0 Å². The molecule has 112 valence electrons. The van der Waals surface area contributed by atoms with Crippen molar-refractivity contribution in [1.82, 2.24) is 5.32 Å². The maximum Gasteiger partial charge on any atom is 0.408 e. The van der Waals surface area contributed by atoms with Gasteiger partial charge in [0.25, 0.3) is 0 Å². The molecule has 1 aromatic carbocycles. The van der Waals surface area contributed by atoms with E-state index in [9.17, 15) is 9.59 Å². The largest absolute Gasteiger partial charge is 0.480 e. The molecular weight excluding hydrogens is 272 g/mol. The van der Waals surface area contributed by atoms with Crippen molar-refractivity contribution in [2.75, 3.05) is 0 Å². The van der Waals surface area contributed by atoms with Gasteiger partial charge in [-0.25, -0.2) is 9.59 Å². The fourth-order valence-electron chi connectivity index (χ4n) is 1.60. The summed E-state index contributed by atoms with van der Waals surface area (Å²) in [6, 6.07) is 7.41. The molecule has 0 saturated heterocycles. The molecule has 0 aliphatic carbocycles. The number of carbonyl (C=O) groups excluding carboxylic acids is 1. The van der Waals surface area contributed by atoms with E-state index >= 15 is 0 Å². The first-order valence-corrected chi connectivity index (χ1v) is 6.42. The summed E-state index contributed by atoms with van der Waals surface area (Å²) in [5.74, 6) is -1.15. The Labute approximate surface area is 123 Å². The van der Waals surface area contributed by atoms with Crippen LogP contribution in [-0.2, 0) is 16.0 Å². The van der Waals surface area contributed by atoms with E-state index in [1.807, 2.05) is 6.07 Å². The number of hydrogen-bond acceptors (Lipinski definition) is 4. The van der Waals surface area contributed by atoms with E-state index in [-0.39, 0.29) is 6.42 Å². The van der Waals surface area contributed by atoms with Crippen molar-refractivity contribution in [3.63, 3.8) is 0 Å². The standard InChI is InChI=1S/C15H18N2O4/c1-15(2,3)21-14(20)17-12(13(18)19)8-10-4-6-11(9-16)7-5-10/h4-7,12H,8H2,1-3H3,(H,17,20)(H,18,19)/t12-/m0/s1. The summed E-state index contributed by atoms with van der Waals surface area (Å²) >= 11 is 0. The second kappa shape index (κ2) is 6.75. The summed E-state index contributed by atoms with van der Waals surface area (Å²) in [6.45, 7) is 5.09. The molecule has 0 aromatic heterocycles. The summed E-state index contributed by atoms with van der Waals surface area (Å²) in [5, 5.41) is 20.2. The van der Waals surface area contributed by atoms with Gasteiger partial charge in [0.05, 0.1) is 11.6 Å². The number of nitrogens with one attached hydrogen (secondary N) is 1. The molecule has 21 heavy (non-hydrogen) atoms. The van der Waals surface area contributed by atoms with Crippen LogP contribution in [0.5, 0.6) is 0 Å². The van der Waals surface area contributed by atoms with Gasteiger partial charge in [-0.3, -0.25) is 0 Å². The van der Waals surface area contributed by atoms with E-state index in [0.29, 0.717) is 11.1 Å². The van der Waals surface area contributed by atoms with Crippen LogP contribution in [0.3, 0.4) is 0 Å². The van der Waals surface area contributed by atoms with Crippen LogP contribution in [0.2, 0.25) is 0 Å². The predicted octanol–water partition coefficient (Wildman–Crippen LogP) is 2.08. The molecule has 0 unspecified atom stereocenters. The van der Waals surface area contributed by atoms with E-state index in [2.05, 4.69) is 5.32 Å². The molecular formula is C15H18N2O4. The third-order valence-corrected chi connectivity index (χ3v) is 2.51. The second-order valence-electron chi connectivity index (χ2n) is 5.55. The normalized spacial score (nSPS) is 12.1. The van der Waals surface area contributed by atoms with Gasteiger partial charge in [0.1, 0.15) is 11.6 Å². The van der Waals surface area contributed by atoms with Crippen molar-refractivity contribution in [2.45, 2.75) is 38.8 Å². The van der Waals surface area contributed by atoms with Gasteiger partial charge in [0, 0.05) is 6.42 Å². The Morgan fingerprint density at radius 2 is 1.90 bits per heavy atom. The van der Waals surface area contributed by atoms with Crippen LogP contribution in [0.25, 0.3) is 0 Å². The van der Waals surface area contributed by atoms with Crippen LogP contribution in [0, 0.1) is 11.3 Å². The number of ether oxygens (including phenoxy) is 1. The zero-order valence-electron chi connectivity index (χ0n) is 12.2. The number of nitrogens with zero attached hydrogens (tertiary/aromatic N) is 1. The molecule has 0 aliphatic rings. The molecule has 0 fully saturated rings. The molecule has 1 amide bonds. The molecule has 0 saturated carbocycles. The highest BCUT2D eigenvalue weighted by molar-refractivity contribution is 5.80. The summed E-state index contributed by atoms with van der Waals surface area (Å²) in [6.07, 6.45) is -0.663. The zero-order valence-corrected chi connectivity index (χ0v) is 12.2. The van der Waals surface area contributed by atoms with Gasteiger partial charge in [-0.1, -0.05) is 12.1 Å². The van der Waals surface area contributed by atoms with E-state index in [1.165, 1.54) is 0 Å². The lowest BCUT2D eigenvalue weighted by atomic mass is 10.0. The predicted molar refractivity (Wildman–Crippen MR) is 75.7 cm³/mol. The highest BCUT2D eigenvalue weighted by Gasteiger charge is 2.24. The fourth-order valence-corrected chi connectivity index (χ4v) is 1.60. The van der Waals surface area contributed by atoms with E-state index in [4.69, 9.17) is 15.1 Å². The van der Waals surface area contributed by atoms with Crippen molar-refractivity contribution in [2.24, 2.45) is 0 Å². The van der Waals surface area contributed by atoms with Gasteiger partial charge in [0.2, 0.25) is 0 Å². The van der Waals surface area contributed by atoms with E-state index < -0.39 is 23.7 Å². The molecule has 2 N–H and O–H groups in total. The SMILES string of the molecule is CC(C)(C)OC(=O)N[C@@H](Cc1ccc(C#N)cc1)C(=O)O. The highest BCUT2D eigenvalue weighted by Crippen LogP contribution is 2.09. The van der Waals surface area contributed by atoms with Crippen molar-refractivity contribution in [1.29, 1.82) is 5.26 Å². The number of benzene rings is 1. The molecule has 0 heterocycles. The van der Waals surface area contributed by atoms with Crippen molar-refractivity contribution >= 4 is 12.1 Å². The third-order valence-electron chi connectivity index (χ3n) is 2.51. The van der Waals surface area contributed by atoms with Crippen LogP contribution in [0.4, 0.5) is 4.79 Å². The average Bonchev–Trinajstić information content (AvgIpc) is 2.36. The number of aliphatic carboxylic acids is 1. The first-order chi connectivity index (χ1) is 9.71. The number of hydrogen-bond donors (Lipinski definition) is 2. The number of carbonyl (C=O) groups is 2. The number of carboxylic acid groups (broad SMARTS) is 1. The monoisotopic (exact) mass is 290 g/mol.